The number of nitrogens with zero attached hydrogens (tertiary/aromatic N) is 3. The molecule has 0 aliphatic carbocycles. The number of hydrogen-bond donors (Lipinski definition) is 1. The zero-order valence-electron chi connectivity index (χ0n) is 5.58. The largest absolute Gasteiger partial charge is 0.396 e. The van der Waals surface area contributed by atoms with Crippen molar-refractivity contribution in [2.75, 3.05) is 6.61 Å². The predicted octanol–water partition coefficient (Wildman–Crippen LogP) is 0.112. The van der Waals surface area contributed by atoms with Gasteiger partial charge in [-0.15, -0.1) is 5.10 Å². The topological polar surface area (TPSA) is 50.9 Å². The van der Waals surface area contributed by atoms with Crippen LogP contribution >= 0.6 is 15.9 Å². The molecule has 1 N–H and O–H groups in total. The van der Waals surface area contributed by atoms with Gasteiger partial charge >= 0.3 is 0 Å². The van der Waals surface area contributed by atoms with Gasteiger partial charge in [0.25, 0.3) is 0 Å². The zero-order valence-corrected chi connectivity index (χ0v) is 7.17. The van der Waals surface area contributed by atoms with Crippen LogP contribution in [0.25, 0.3) is 0 Å². The van der Waals surface area contributed by atoms with E-state index in [0.29, 0.717) is 11.2 Å². The lowest BCUT2D eigenvalue weighted by molar-refractivity contribution is 0.294. The Morgan fingerprint density at radius 2 is 2.40 bits per heavy atom. The third-order valence-corrected chi connectivity index (χ3v) is 1.50. The molecule has 1 aromatic rings. The van der Waals surface area contributed by atoms with Crippen molar-refractivity contribution in [2.45, 2.75) is 6.42 Å². The lowest BCUT2D eigenvalue weighted by atomic mass is 10.4. The minimum absolute atomic E-state index is 0.110. The summed E-state index contributed by atoms with van der Waals surface area (Å²) in [6.07, 6.45) is 0.551. The maximum Gasteiger partial charge on any atom is 0.217 e. The molecule has 1 aromatic heterocycles. The molecule has 0 radical (unpaired) electrons. The number of rotatable bonds is 2. The van der Waals surface area contributed by atoms with Crippen LogP contribution in [0.4, 0.5) is 0 Å². The van der Waals surface area contributed by atoms with Crippen LogP contribution in [-0.4, -0.2) is 26.5 Å². The first-order valence-corrected chi connectivity index (χ1v) is 3.69. The molecule has 0 bridgehead atoms. The number of aliphatic hydroxyl groups is 1. The molecule has 0 aliphatic heterocycles. The van der Waals surface area contributed by atoms with Crippen molar-refractivity contribution >= 4 is 15.9 Å². The van der Waals surface area contributed by atoms with E-state index in [2.05, 4.69) is 26.0 Å². The molecular formula is C5H8BrN3O. The monoisotopic (exact) mass is 205 g/mol. The molecule has 0 unspecified atom stereocenters. The van der Waals surface area contributed by atoms with E-state index < -0.39 is 0 Å². The third-order valence-electron chi connectivity index (χ3n) is 1.16. The summed E-state index contributed by atoms with van der Waals surface area (Å²) in [5, 5.41) is 12.5. The SMILES string of the molecule is Cn1nc(Br)nc1CCO. The van der Waals surface area contributed by atoms with Gasteiger partial charge in [0, 0.05) is 13.5 Å². The first-order valence-electron chi connectivity index (χ1n) is 2.90. The van der Waals surface area contributed by atoms with E-state index in [1.165, 1.54) is 0 Å². The second kappa shape index (κ2) is 3.12. The van der Waals surface area contributed by atoms with Crippen LogP contribution in [0.2, 0.25) is 0 Å². The first kappa shape index (κ1) is 7.68. The average molecular weight is 206 g/mol. The van der Waals surface area contributed by atoms with Crippen LogP contribution in [0.5, 0.6) is 0 Å². The van der Waals surface area contributed by atoms with E-state index in [0.717, 1.165) is 5.82 Å². The number of aliphatic hydroxyl groups excluding tert-OH is 1. The Morgan fingerprint density at radius 1 is 1.70 bits per heavy atom. The lowest BCUT2D eigenvalue weighted by Gasteiger charge is -1.93. The molecule has 0 fully saturated rings. The number of aryl methyl sites for hydroxylation is 1. The molecule has 4 nitrogen and oxygen atoms in total. The average Bonchev–Trinajstić information content (AvgIpc) is 2.13. The van der Waals surface area contributed by atoms with Crippen LogP contribution in [0.3, 0.4) is 0 Å². The van der Waals surface area contributed by atoms with E-state index in [9.17, 15) is 0 Å². The summed E-state index contributed by atoms with van der Waals surface area (Å²) in [5.74, 6) is 0.786. The van der Waals surface area contributed by atoms with Gasteiger partial charge in [-0.05, 0) is 15.9 Å². The van der Waals surface area contributed by atoms with Gasteiger partial charge in [0.2, 0.25) is 4.73 Å². The Balaban J connectivity index is 2.81. The van der Waals surface area contributed by atoms with Crippen molar-refractivity contribution in [3.8, 4) is 0 Å². The molecule has 10 heavy (non-hydrogen) atoms. The van der Waals surface area contributed by atoms with E-state index >= 15 is 0 Å². The van der Waals surface area contributed by atoms with Crippen LogP contribution in [0, 0.1) is 0 Å². The summed E-state index contributed by atoms with van der Waals surface area (Å²) in [6, 6.07) is 0. The standard InChI is InChI=1S/C5H8BrN3O/c1-9-4(2-3-10)7-5(6)8-9/h10H,2-3H2,1H3. The summed E-state index contributed by atoms with van der Waals surface area (Å²) >= 11 is 3.13. The van der Waals surface area contributed by atoms with Gasteiger partial charge in [-0.2, -0.15) is 0 Å². The highest BCUT2D eigenvalue weighted by molar-refractivity contribution is 9.10. The quantitative estimate of drug-likeness (QED) is 0.747. The molecule has 1 rings (SSSR count). The molecule has 56 valence electrons. The Kier molecular flexibility index (Phi) is 2.39. The Morgan fingerprint density at radius 3 is 2.80 bits per heavy atom. The molecule has 5 heteroatoms. The highest BCUT2D eigenvalue weighted by Gasteiger charge is 2.01. The number of hydrogen-bond acceptors (Lipinski definition) is 3. The van der Waals surface area contributed by atoms with E-state index in [1.807, 2.05) is 0 Å². The maximum absolute atomic E-state index is 8.56. The molecule has 0 spiro atoms. The predicted molar refractivity (Wildman–Crippen MR) is 39.5 cm³/mol. The fourth-order valence-electron chi connectivity index (χ4n) is 0.700. The van der Waals surface area contributed by atoms with Gasteiger partial charge in [-0.25, -0.2) is 4.98 Å². The van der Waals surface area contributed by atoms with Crippen molar-refractivity contribution in [3.05, 3.63) is 10.6 Å². The van der Waals surface area contributed by atoms with Gasteiger partial charge < -0.3 is 5.11 Å². The Labute approximate surface area is 67.0 Å². The van der Waals surface area contributed by atoms with Crippen molar-refractivity contribution in [2.24, 2.45) is 7.05 Å². The maximum atomic E-state index is 8.56. The minimum atomic E-state index is 0.110. The molecule has 0 atom stereocenters. The van der Waals surface area contributed by atoms with Gasteiger partial charge in [-0.3, -0.25) is 4.68 Å². The smallest absolute Gasteiger partial charge is 0.217 e. The zero-order chi connectivity index (χ0) is 7.56. The van der Waals surface area contributed by atoms with Gasteiger partial charge in [-0.1, -0.05) is 0 Å². The normalized spacial score (nSPS) is 10.3. The fourth-order valence-corrected chi connectivity index (χ4v) is 1.14. The minimum Gasteiger partial charge on any atom is -0.396 e. The molecule has 0 aliphatic rings. The number of halogens is 1. The molecule has 0 amide bonds. The van der Waals surface area contributed by atoms with Crippen LogP contribution in [-0.2, 0) is 13.5 Å². The van der Waals surface area contributed by atoms with E-state index in [1.54, 1.807) is 11.7 Å². The summed E-state index contributed by atoms with van der Waals surface area (Å²) in [7, 11) is 1.79. The van der Waals surface area contributed by atoms with Crippen molar-refractivity contribution < 1.29 is 5.11 Å². The summed E-state index contributed by atoms with van der Waals surface area (Å²) in [6.45, 7) is 0.110. The van der Waals surface area contributed by atoms with Gasteiger partial charge in [0.05, 0.1) is 6.61 Å². The third kappa shape index (κ3) is 1.54. The highest BCUT2D eigenvalue weighted by Crippen LogP contribution is 2.03. The van der Waals surface area contributed by atoms with Crippen LogP contribution < -0.4 is 0 Å². The molecule has 1 heterocycles. The Hall–Kier alpha value is -0.420. The molecule has 0 saturated heterocycles. The lowest BCUT2D eigenvalue weighted by Crippen LogP contribution is -2.01. The van der Waals surface area contributed by atoms with Crippen molar-refractivity contribution in [3.63, 3.8) is 0 Å². The number of aromatic nitrogens is 3. The highest BCUT2D eigenvalue weighted by atomic mass is 79.9. The first-order chi connectivity index (χ1) is 4.74. The van der Waals surface area contributed by atoms with Crippen molar-refractivity contribution in [1.82, 2.24) is 14.8 Å². The van der Waals surface area contributed by atoms with Crippen LogP contribution in [0.15, 0.2) is 4.73 Å². The van der Waals surface area contributed by atoms with Crippen LogP contribution in [0.1, 0.15) is 5.82 Å². The van der Waals surface area contributed by atoms with E-state index in [-0.39, 0.29) is 6.61 Å². The fraction of sp³-hybridized carbons (Fsp3) is 0.600. The summed E-state index contributed by atoms with van der Waals surface area (Å²) in [5.41, 5.74) is 0. The van der Waals surface area contributed by atoms with Gasteiger partial charge in [0.1, 0.15) is 5.82 Å². The second-order valence-corrected chi connectivity index (χ2v) is 2.60. The van der Waals surface area contributed by atoms with E-state index in [4.69, 9.17) is 5.11 Å². The summed E-state index contributed by atoms with van der Waals surface area (Å²) in [4.78, 5) is 4.01. The summed E-state index contributed by atoms with van der Waals surface area (Å²) < 4.78 is 2.21. The molecular weight excluding hydrogens is 198 g/mol. The van der Waals surface area contributed by atoms with Gasteiger partial charge in [0.15, 0.2) is 0 Å². The Bertz CT molecular complexity index is 223. The molecule has 0 saturated carbocycles. The molecule has 0 aromatic carbocycles. The second-order valence-electron chi connectivity index (χ2n) is 1.89. The van der Waals surface area contributed by atoms with Crippen molar-refractivity contribution in [1.29, 1.82) is 0 Å².